The fraction of sp³-hybridized carbons (Fsp3) is 0.417. The molecule has 94 valence electrons. The van der Waals surface area contributed by atoms with E-state index in [1.165, 1.54) is 24.1 Å². The maximum absolute atomic E-state index is 13.4. The molecule has 1 aromatic rings. The molecule has 17 heavy (non-hydrogen) atoms. The Bertz CT molecular complexity index is 395. The molecule has 0 bridgehead atoms. The van der Waals surface area contributed by atoms with Gasteiger partial charge < -0.3 is 14.7 Å². The Kier molecular flexibility index (Phi) is 4.90. The molecule has 0 atom stereocenters. The summed E-state index contributed by atoms with van der Waals surface area (Å²) < 4.78 is 18.2. The largest absolute Gasteiger partial charge is 0.494 e. The van der Waals surface area contributed by atoms with Gasteiger partial charge in [-0.25, -0.2) is 4.39 Å². The molecule has 0 aliphatic rings. The first-order chi connectivity index (χ1) is 8.13. The third kappa shape index (κ3) is 3.17. The number of amides is 1. The Morgan fingerprint density at radius 2 is 2.24 bits per heavy atom. The van der Waals surface area contributed by atoms with Crippen molar-refractivity contribution in [3.8, 4) is 5.75 Å². The van der Waals surface area contributed by atoms with E-state index < -0.39 is 5.82 Å². The number of aliphatic hydroxyl groups excluding tert-OH is 1. The zero-order valence-electron chi connectivity index (χ0n) is 9.94. The number of carbonyl (C=O) groups excluding carboxylic acids is 1. The van der Waals surface area contributed by atoms with Gasteiger partial charge in [0.15, 0.2) is 11.6 Å². The van der Waals surface area contributed by atoms with Crippen molar-refractivity contribution < 1.29 is 19.0 Å². The summed E-state index contributed by atoms with van der Waals surface area (Å²) in [6.45, 7) is 2.39. The van der Waals surface area contributed by atoms with Gasteiger partial charge in [0.05, 0.1) is 13.7 Å². The van der Waals surface area contributed by atoms with Crippen LogP contribution in [0.2, 0.25) is 0 Å². The zero-order valence-corrected chi connectivity index (χ0v) is 9.94. The molecule has 5 heteroatoms. The van der Waals surface area contributed by atoms with Crippen molar-refractivity contribution >= 4 is 5.91 Å². The third-order valence-corrected chi connectivity index (χ3v) is 2.44. The van der Waals surface area contributed by atoms with Gasteiger partial charge in [-0.2, -0.15) is 0 Å². The van der Waals surface area contributed by atoms with Crippen molar-refractivity contribution in [2.45, 2.75) is 6.92 Å². The summed E-state index contributed by atoms with van der Waals surface area (Å²) in [6.07, 6.45) is 0. The van der Waals surface area contributed by atoms with Gasteiger partial charge in [0.2, 0.25) is 0 Å². The van der Waals surface area contributed by atoms with E-state index in [4.69, 9.17) is 9.84 Å². The van der Waals surface area contributed by atoms with Crippen molar-refractivity contribution in [1.82, 2.24) is 4.90 Å². The second kappa shape index (κ2) is 6.20. The summed E-state index contributed by atoms with van der Waals surface area (Å²) in [7, 11) is 1.37. The molecular weight excluding hydrogens is 225 g/mol. The fourth-order valence-electron chi connectivity index (χ4n) is 1.51. The highest BCUT2D eigenvalue weighted by Gasteiger charge is 2.15. The minimum absolute atomic E-state index is 0.103. The van der Waals surface area contributed by atoms with Crippen molar-refractivity contribution in [3.05, 3.63) is 29.6 Å². The van der Waals surface area contributed by atoms with E-state index in [2.05, 4.69) is 0 Å². The second-order valence-electron chi connectivity index (χ2n) is 3.46. The molecule has 0 heterocycles. The van der Waals surface area contributed by atoms with E-state index in [1.54, 1.807) is 6.92 Å². The number of hydrogen-bond acceptors (Lipinski definition) is 3. The Morgan fingerprint density at radius 1 is 1.53 bits per heavy atom. The highest BCUT2D eigenvalue weighted by atomic mass is 19.1. The van der Waals surface area contributed by atoms with Crippen LogP contribution in [-0.4, -0.2) is 42.7 Å². The first-order valence-corrected chi connectivity index (χ1v) is 5.37. The van der Waals surface area contributed by atoms with Crippen LogP contribution in [0, 0.1) is 5.82 Å². The van der Waals surface area contributed by atoms with Crippen LogP contribution >= 0.6 is 0 Å². The first kappa shape index (κ1) is 13.4. The molecule has 0 saturated carbocycles. The van der Waals surface area contributed by atoms with E-state index in [1.807, 2.05) is 0 Å². The summed E-state index contributed by atoms with van der Waals surface area (Å²) in [5.41, 5.74) is 0.249. The molecule has 0 spiro atoms. The Labute approximate surface area is 99.6 Å². The monoisotopic (exact) mass is 241 g/mol. The summed E-state index contributed by atoms with van der Waals surface area (Å²) in [4.78, 5) is 13.4. The van der Waals surface area contributed by atoms with Gasteiger partial charge in [0, 0.05) is 18.7 Å². The maximum Gasteiger partial charge on any atom is 0.254 e. The number of hydrogen-bond donors (Lipinski definition) is 1. The maximum atomic E-state index is 13.4. The highest BCUT2D eigenvalue weighted by Crippen LogP contribution is 2.18. The van der Waals surface area contributed by atoms with Crippen molar-refractivity contribution in [2.24, 2.45) is 0 Å². The van der Waals surface area contributed by atoms with Crippen LogP contribution in [0.3, 0.4) is 0 Å². The number of rotatable bonds is 5. The fourth-order valence-corrected chi connectivity index (χ4v) is 1.51. The number of ether oxygens (including phenoxy) is 1. The molecule has 0 aliphatic heterocycles. The van der Waals surface area contributed by atoms with Crippen LogP contribution in [0.15, 0.2) is 18.2 Å². The van der Waals surface area contributed by atoms with Crippen LogP contribution in [0.1, 0.15) is 17.3 Å². The minimum Gasteiger partial charge on any atom is -0.494 e. The lowest BCUT2D eigenvalue weighted by Crippen LogP contribution is -2.33. The molecule has 0 unspecified atom stereocenters. The van der Waals surface area contributed by atoms with Crippen LogP contribution < -0.4 is 4.74 Å². The third-order valence-electron chi connectivity index (χ3n) is 2.44. The predicted molar refractivity (Wildman–Crippen MR) is 61.6 cm³/mol. The molecule has 1 rings (SSSR count). The lowest BCUT2D eigenvalue weighted by molar-refractivity contribution is 0.0731. The van der Waals surface area contributed by atoms with E-state index in [9.17, 15) is 9.18 Å². The average Bonchev–Trinajstić information content (AvgIpc) is 2.35. The number of nitrogens with zero attached hydrogens (tertiary/aromatic N) is 1. The summed E-state index contributed by atoms with van der Waals surface area (Å²) >= 11 is 0. The Hall–Kier alpha value is -1.62. The summed E-state index contributed by atoms with van der Waals surface area (Å²) in [6, 6.07) is 4.06. The van der Waals surface area contributed by atoms with Crippen molar-refractivity contribution in [3.63, 3.8) is 0 Å². The van der Waals surface area contributed by atoms with Crippen molar-refractivity contribution in [2.75, 3.05) is 26.8 Å². The number of carbonyl (C=O) groups is 1. The average molecular weight is 241 g/mol. The van der Waals surface area contributed by atoms with Crippen LogP contribution in [-0.2, 0) is 0 Å². The zero-order chi connectivity index (χ0) is 12.8. The molecule has 1 N–H and O–H groups in total. The van der Waals surface area contributed by atoms with Gasteiger partial charge in [-0.15, -0.1) is 0 Å². The Balaban J connectivity index is 2.92. The number of methoxy groups -OCH3 is 1. The quantitative estimate of drug-likeness (QED) is 0.845. The standard InChI is InChI=1S/C12H16FNO3/c1-3-14(6-7-15)12(16)9-4-5-11(17-2)10(13)8-9/h4-5,8,15H,3,6-7H2,1-2H3. The summed E-state index contributed by atoms with van der Waals surface area (Å²) in [5.74, 6) is -0.770. The van der Waals surface area contributed by atoms with Gasteiger partial charge in [-0.1, -0.05) is 0 Å². The predicted octanol–water partition coefficient (Wildman–Crippen LogP) is 1.29. The van der Waals surface area contributed by atoms with Gasteiger partial charge in [-0.05, 0) is 25.1 Å². The van der Waals surface area contributed by atoms with E-state index in [-0.39, 0.29) is 30.4 Å². The number of halogens is 1. The number of likely N-dealkylation sites (N-methyl/N-ethyl adjacent to an activating group) is 1. The lowest BCUT2D eigenvalue weighted by Gasteiger charge is -2.19. The Morgan fingerprint density at radius 3 is 2.71 bits per heavy atom. The van der Waals surface area contributed by atoms with Crippen LogP contribution in [0.25, 0.3) is 0 Å². The molecule has 1 aromatic carbocycles. The second-order valence-corrected chi connectivity index (χ2v) is 3.46. The molecule has 0 fully saturated rings. The minimum atomic E-state index is -0.571. The van der Waals surface area contributed by atoms with E-state index in [0.717, 1.165) is 6.07 Å². The number of benzene rings is 1. The topological polar surface area (TPSA) is 49.8 Å². The van der Waals surface area contributed by atoms with Gasteiger partial charge in [0.1, 0.15) is 0 Å². The van der Waals surface area contributed by atoms with Gasteiger partial charge in [0.25, 0.3) is 5.91 Å². The molecular formula is C12H16FNO3. The molecule has 1 amide bonds. The molecule has 0 aliphatic carbocycles. The van der Waals surface area contributed by atoms with Gasteiger partial charge >= 0.3 is 0 Å². The van der Waals surface area contributed by atoms with Gasteiger partial charge in [-0.3, -0.25) is 4.79 Å². The van der Waals surface area contributed by atoms with Crippen molar-refractivity contribution in [1.29, 1.82) is 0 Å². The van der Waals surface area contributed by atoms with E-state index in [0.29, 0.717) is 6.54 Å². The van der Waals surface area contributed by atoms with Crippen LogP contribution in [0.4, 0.5) is 4.39 Å². The molecule has 4 nitrogen and oxygen atoms in total. The normalized spacial score (nSPS) is 10.1. The first-order valence-electron chi connectivity index (χ1n) is 5.37. The molecule has 0 radical (unpaired) electrons. The molecule has 0 saturated heterocycles. The molecule has 0 aromatic heterocycles. The summed E-state index contributed by atoms with van der Waals surface area (Å²) in [5, 5.41) is 8.81. The van der Waals surface area contributed by atoms with Crippen LogP contribution in [0.5, 0.6) is 5.75 Å². The SMILES string of the molecule is CCN(CCO)C(=O)c1ccc(OC)c(F)c1. The van der Waals surface area contributed by atoms with E-state index >= 15 is 0 Å². The smallest absolute Gasteiger partial charge is 0.254 e. The highest BCUT2D eigenvalue weighted by molar-refractivity contribution is 5.94. The number of aliphatic hydroxyl groups is 1. The lowest BCUT2D eigenvalue weighted by atomic mass is 10.2.